The number of nitrogens with zero attached hydrogens (tertiary/aromatic N) is 2. The highest BCUT2D eigenvalue weighted by molar-refractivity contribution is 7.91. The molecule has 2 aliphatic heterocycles. The smallest absolute Gasteiger partial charge is 0.358 e. The lowest BCUT2D eigenvalue weighted by Gasteiger charge is -2.20. The minimum Gasteiger partial charge on any atom is -0.464 e. The Morgan fingerprint density at radius 1 is 1.48 bits per heavy atom. The average molecular weight is 331 g/mol. The standard InChI is InChI=1S/C12H17N3O4S2/c1-19-11(16)10-12(20-7-13-10)21(17,18)14-8-4-6-15-5-2-3-9(8)15/h7-9,14H,2-6H2,1H3. The van der Waals surface area contributed by atoms with Crippen molar-refractivity contribution in [2.75, 3.05) is 20.2 Å². The van der Waals surface area contributed by atoms with Crippen molar-refractivity contribution in [3.05, 3.63) is 11.2 Å². The maximum Gasteiger partial charge on any atom is 0.358 e. The van der Waals surface area contributed by atoms with E-state index >= 15 is 0 Å². The lowest BCUT2D eigenvalue weighted by atomic mass is 10.1. The molecule has 0 aromatic carbocycles. The lowest BCUT2D eigenvalue weighted by Crippen LogP contribution is -2.42. The monoisotopic (exact) mass is 331 g/mol. The van der Waals surface area contributed by atoms with E-state index in [0.717, 1.165) is 43.7 Å². The Hall–Kier alpha value is -1.03. The zero-order chi connectivity index (χ0) is 15.0. The first-order valence-corrected chi connectivity index (χ1v) is 9.17. The number of methoxy groups -OCH3 is 1. The van der Waals surface area contributed by atoms with E-state index in [4.69, 9.17) is 0 Å². The number of carbonyl (C=O) groups is 1. The Balaban J connectivity index is 1.81. The van der Waals surface area contributed by atoms with E-state index in [1.165, 1.54) is 12.6 Å². The molecule has 2 fully saturated rings. The first-order chi connectivity index (χ1) is 10.0. The topological polar surface area (TPSA) is 88.6 Å². The third-order valence-corrected chi connectivity index (χ3v) is 6.93. The zero-order valence-corrected chi connectivity index (χ0v) is 13.2. The van der Waals surface area contributed by atoms with Crippen LogP contribution in [0.3, 0.4) is 0 Å². The molecule has 3 heterocycles. The molecule has 3 rings (SSSR count). The molecule has 2 unspecified atom stereocenters. The fourth-order valence-electron chi connectivity index (χ4n) is 3.13. The van der Waals surface area contributed by atoms with Crippen molar-refractivity contribution in [1.82, 2.24) is 14.6 Å². The summed E-state index contributed by atoms with van der Waals surface area (Å²) < 4.78 is 32.3. The van der Waals surface area contributed by atoms with E-state index in [1.807, 2.05) is 0 Å². The predicted octanol–water partition coefficient (Wildman–Crippen LogP) is 0.445. The van der Waals surface area contributed by atoms with Gasteiger partial charge in [0.2, 0.25) is 0 Å². The van der Waals surface area contributed by atoms with E-state index in [0.29, 0.717) is 0 Å². The van der Waals surface area contributed by atoms with E-state index in [-0.39, 0.29) is 22.0 Å². The Morgan fingerprint density at radius 3 is 3.05 bits per heavy atom. The maximum atomic E-state index is 12.5. The van der Waals surface area contributed by atoms with E-state index in [2.05, 4.69) is 19.3 Å². The van der Waals surface area contributed by atoms with Crippen LogP contribution in [0.2, 0.25) is 0 Å². The van der Waals surface area contributed by atoms with Gasteiger partial charge in [0.05, 0.1) is 12.6 Å². The van der Waals surface area contributed by atoms with Crippen LogP contribution in [-0.2, 0) is 14.8 Å². The van der Waals surface area contributed by atoms with Gasteiger partial charge in [0.25, 0.3) is 10.0 Å². The van der Waals surface area contributed by atoms with Gasteiger partial charge in [0, 0.05) is 18.6 Å². The molecule has 7 nitrogen and oxygen atoms in total. The minimum absolute atomic E-state index is 0.0641. The van der Waals surface area contributed by atoms with Crippen LogP contribution in [0.15, 0.2) is 9.72 Å². The van der Waals surface area contributed by atoms with Crippen LogP contribution in [-0.4, -0.2) is 56.6 Å². The van der Waals surface area contributed by atoms with Crippen LogP contribution in [0, 0.1) is 0 Å². The van der Waals surface area contributed by atoms with Crippen molar-refractivity contribution in [2.24, 2.45) is 0 Å². The van der Waals surface area contributed by atoms with Gasteiger partial charge in [-0.1, -0.05) is 0 Å². The molecule has 9 heteroatoms. The predicted molar refractivity (Wildman–Crippen MR) is 76.8 cm³/mol. The summed E-state index contributed by atoms with van der Waals surface area (Å²) in [5.41, 5.74) is 1.20. The number of thiazole rings is 1. The van der Waals surface area contributed by atoms with Gasteiger partial charge in [0.15, 0.2) is 9.90 Å². The second-order valence-corrected chi connectivity index (χ2v) is 8.01. The fourth-order valence-corrected chi connectivity index (χ4v) is 5.58. The van der Waals surface area contributed by atoms with E-state index in [9.17, 15) is 13.2 Å². The summed E-state index contributed by atoms with van der Waals surface area (Å²) in [5, 5.41) is 0. The fraction of sp³-hybridized carbons (Fsp3) is 0.667. The second-order valence-electron chi connectivity index (χ2n) is 5.24. The van der Waals surface area contributed by atoms with Gasteiger partial charge >= 0.3 is 5.97 Å². The Labute approximate surface area is 127 Å². The van der Waals surface area contributed by atoms with Gasteiger partial charge in [-0.15, -0.1) is 11.3 Å². The Bertz CT molecular complexity index is 643. The van der Waals surface area contributed by atoms with Gasteiger partial charge in [-0.3, -0.25) is 4.90 Å². The van der Waals surface area contributed by atoms with Crippen LogP contribution in [0.4, 0.5) is 0 Å². The summed E-state index contributed by atoms with van der Waals surface area (Å²) in [7, 11) is -2.54. The molecule has 0 spiro atoms. The molecule has 21 heavy (non-hydrogen) atoms. The quantitative estimate of drug-likeness (QED) is 0.806. The van der Waals surface area contributed by atoms with Crippen LogP contribution in [0.5, 0.6) is 0 Å². The lowest BCUT2D eigenvalue weighted by molar-refractivity contribution is 0.0590. The zero-order valence-electron chi connectivity index (χ0n) is 11.6. The van der Waals surface area contributed by atoms with Gasteiger partial charge < -0.3 is 4.74 Å². The summed E-state index contributed by atoms with van der Waals surface area (Å²) in [6, 6.07) is 0.180. The number of fused-ring (bicyclic) bond motifs is 1. The van der Waals surface area contributed by atoms with Crippen LogP contribution in [0.25, 0.3) is 0 Å². The Morgan fingerprint density at radius 2 is 2.29 bits per heavy atom. The van der Waals surface area contributed by atoms with Gasteiger partial charge in [-0.25, -0.2) is 22.9 Å². The molecule has 1 aromatic heterocycles. The summed E-state index contributed by atoms with van der Waals surface area (Å²) >= 11 is 0.933. The number of sulfonamides is 1. The minimum atomic E-state index is -3.75. The third kappa shape index (κ3) is 2.70. The first kappa shape index (κ1) is 14.9. The molecule has 0 amide bonds. The number of aromatic nitrogens is 1. The van der Waals surface area contributed by atoms with Crippen molar-refractivity contribution >= 4 is 27.3 Å². The van der Waals surface area contributed by atoms with Gasteiger partial charge in [0.1, 0.15) is 0 Å². The largest absolute Gasteiger partial charge is 0.464 e. The SMILES string of the molecule is COC(=O)c1ncsc1S(=O)(=O)NC1CCN2CCCC12. The molecule has 1 N–H and O–H groups in total. The van der Waals surface area contributed by atoms with E-state index in [1.54, 1.807) is 0 Å². The first-order valence-electron chi connectivity index (χ1n) is 6.81. The Kier molecular flexibility index (Phi) is 4.00. The number of carbonyl (C=O) groups excluding carboxylic acids is 1. The number of ether oxygens (including phenoxy) is 1. The second kappa shape index (κ2) is 5.64. The molecule has 0 bridgehead atoms. The van der Waals surface area contributed by atoms with Crippen molar-refractivity contribution in [3.8, 4) is 0 Å². The molecule has 0 aliphatic carbocycles. The van der Waals surface area contributed by atoms with Crippen molar-refractivity contribution < 1.29 is 17.9 Å². The molecule has 2 atom stereocenters. The van der Waals surface area contributed by atoms with Gasteiger partial charge in [-0.05, 0) is 25.8 Å². The number of nitrogens with one attached hydrogen (secondary N) is 1. The number of hydrogen-bond acceptors (Lipinski definition) is 7. The molecule has 0 radical (unpaired) electrons. The third-order valence-electron chi connectivity index (χ3n) is 4.07. The molecule has 0 saturated carbocycles. The number of esters is 1. The van der Waals surface area contributed by atoms with E-state index < -0.39 is 16.0 Å². The van der Waals surface area contributed by atoms with Crippen molar-refractivity contribution in [3.63, 3.8) is 0 Å². The molecular weight excluding hydrogens is 314 g/mol. The van der Waals surface area contributed by atoms with Crippen LogP contribution < -0.4 is 4.72 Å². The highest BCUT2D eigenvalue weighted by atomic mass is 32.2. The van der Waals surface area contributed by atoms with Crippen molar-refractivity contribution in [2.45, 2.75) is 35.6 Å². The summed E-state index contributed by atoms with van der Waals surface area (Å²) in [6.45, 7) is 1.96. The molecule has 116 valence electrons. The molecule has 2 saturated heterocycles. The molecular formula is C12H17N3O4S2. The van der Waals surface area contributed by atoms with Crippen LogP contribution in [0.1, 0.15) is 29.8 Å². The van der Waals surface area contributed by atoms with Crippen LogP contribution >= 0.6 is 11.3 Å². The van der Waals surface area contributed by atoms with Gasteiger partial charge in [-0.2, -0.15) is 0 Å². The molecule has 2 aliphatic rings. The highest BCUT2D eigenvalue weighted by Crippen LogP contribution is 2.30. The summed E-state index contributed by atoms with van der Waals surface area (Å²) in [5.74, 6) is -0.731. The normalized spacial score (nSPS) is 26.0. The van der Waals surface area contributed by atoms with Crippen molar-refractivity contribution in [1.29, 1.82) is 0 Å². The highest BCUT2D eigenvalue weighted by Gasteiger charge is 2.40. The molecule has 1 aromatic rings. The maximum absolute atomic E-state index is 12.5. The summed E-state index contributed by atoms with van der Waals surface area (Å²) in [6.07, 6.45) is 2.92. The number of hydrogen-bond donors (Lipinski definition) is 1. The average Bonchev–Trinajstić information content (AvgIpc) is 3.14. The summed E-state index contributed by atoms with van der Waals surface area (Å²) in [4.78, 5) is 17.7. The number of rotatable bonds is 4.